The van der Waals surface area contributed by atoms with Crippen LogP contribution >= 0.6 is 0 Å². The summed E-state index contributed by atoms with van der Waals surface area (Å²) in [6.45, 7) is 12.5. The van der Waals surface area contributed by atoms with E-state index in [1.54, 1.807) is 0 Å². The van der Waals surface area contributed by atoms with Gasteiger partial charge in [-0.1, -0.05) is 18.6 Å². The number of nitrogens with zero attached hydrogens (tertiary/aromatic N) is 2. The normalized spacial score (nSPS) is 19.5. The van der Waals surface area contributed by atoms with Gasteiger partial charge in [-0.25, -0.2) is 0 Å². The number of aldehydes is 1. The summed E-state index contributed by atoms with van der Waals surface area (Å²) in [4.78, 5) is 26.9. The molecule has 0 bridgehead atoms. The molecule has 0 N–H and O–H groups in total. The van der Waals surface area contributed by atoms with E-state index in [0.29, 0.717) is 6.29 Å². The number of ketones is 1. The predicted octanol–water partition coefficient (Wildman–Crippen LogP) is 1.51. The molecule has 4 heteroatoms. The molecule has 1 rings (SSSR count). The molecule has 1 fully saturated rings. The van der Waals surface area contributed by atoms with Gasteiger partial charge in [0.05, 0.1) is 5.54 Å². The van der Waals surface area contributed by atoms with E-state index in [4.69, 9.17) is 0 Å². The van der Waals surface area contributed by atoms with Crippen LogP contribution in [0.5, 0.6) is 0 Å². The molecule has 0 radical (unpaired) electrons. The van der Waals surface area contributed by atoms with E-state index in [1.807, 2.05) is 13.8 Å². The maximum Gasteiger partial charge on any atom is 0.214 e. The van der Waals surface area contributed by atoms with Gasteiger partial charge < -0.3 is 0 Å². The number of piperazine rings is 1. The van der Waals surface area contributed by atoms with Crippen LogP contribution in [0.1, 0.15) is 34.1 Å². The Morgan fingerprint density at radius 2 is 1.79 bits per heavy atom. The first-order chi connectivity index (χ1) is 8.95. The van der Waals surface area contributed by atoms with Crippen LogP contribution < -0.4 is 0 Å². The maximum atomic E-state index is 11.7. The van der Waals surface area contributed by atoms with E-state index in [1.165, 1.54) is 5.57 Å². The molecule has 0 aromatic carbocycles. The van der Waals surface area contributed by atoms with Crippen molar-refractivity contribution in [2.45, 2.75) is 39.7 Å². The van der Waals surface area contributed by atoms with Crippen molar-refractivity contribution < 1.29 is 9.59 Å². The quantitative estimate of drug-likeness (QED) is 0.415. The Morgan fingerprint density at radius 3 is 2.21 bits per heavy atom. The predicted molar refractivity (Wildman–Crippen MR) is 77.2 cm³/mol. The molecule has 0 spiro atoms. The maximum absolute atomic E-state index is 11.7. The first-order valence-electron chi connectivity index (χ1n) is 7.06. The highest BCUT2D eigenvalue weighted by Crippen LogP contribution is 2.18. The van der Waals surface area contributed by atoms with Gasteiger partial charge in [0.25, 0.3) is 0 Å². The standard InChI is InChI=1S/C15H26N2O2/c1-5-13(6-2)11-16-7-9-17(10-8-16)15(3,4)14(19)12-18/h5,12H,6-11H2,1-4H3. The van der Waals surface area contributed by atoms with Crippen LogP contribution in [0.15, 0.2) is 11.6 Å². The van der Waals surface area contributed by atoms with Gasteiger partial charge in [0.1, 0.15) is 0 Å². The monoisotopic (exact) mass is 266 g/mol. The van der Waals surface area contributed by atoms with E-state index < -0.39 is 5.54 Å². The van der Waals surface area contributed by atoms with Gasteiger partial charge in [0.2, 0.25) is 5.78 Å². The van der Waals surface area contributed by atoms with Crippen molar-refractivity contribution in [3.8, 4) is 0 Å². The smallest absolute Gasteiger partial charge is 0.214 e. The van der Waals surface area contributed by atoms with Crippen molar-refractivity contribution >= 4 is 12.1 Å². The third-order valence-corrected chi connectivity index (χ3v) is 4.16. The molecule has 4 nitrogen and oxygen atoms in total. The number of rotatable bonds is 6. The summed E-state index contributed by atoms with van der Waals surface area (Å²) in [5.74, 6) is -0.330. The Bertz CT molecular complexity index is 353. The van der Waals surface area contributed by atoms with Crippen LogP contribution in [-0.4, -0.2) is 60.1 Å². The molecule has 0 unspecified atom stereocenters. The van der Waals surface area contributed by atoms with Gasteiger partial charge in [0.15, 0.2) is 6.29 Å². The summed E-state index contributed by atoms with van der Waals surface area (Å²) in [6, 6.07) is 0. The van der Waals surface area contributed by atoms with E-state index in [-0.39, 0.29) is 5.78 Å². The highest BCUT2D eigenvalue weighted by atomic mass is 16.2. The SMILES string of the molecule is CC=C(CC)CN1CCN(C(C)(C)C(=O)C=O)CC1. The second-order valence-corrected chi connectivity index (χ2v) is 5.60. The third-order valence-electron chi connectivity index (χ3n) is 4.16. The van der Waals surface area contributed by atoms with Crippen LogP contribution in [0, 0.1) is 0 Å². The Morgan fingerprint density at radius 1 is 1.21 bits per heavy atom. The average molecular weight is 266 g/mol. The van der Waals surface area contributed by atoms with E-state index in [9.17, 15) is 9.59 Å². The summed E-state index contributed by atoms with van der Waals surface area (Å²) >= 11 is 0. The van der Waals surface area contributed by atoms with Crippen molar-refractivity contribution in [2.75, 3.05) is 32.7 Å². The van der Waals surface area contributed by atoms with Crippen LogP contribution in [0.2, 0.25) is 0 Å². The van der Waals surface area contributed by atoms with Crippen molar-refractivity contribution in [3.05, 3.63) is 11.6 Å². The minimum Gasteiger partial charge on any atom is -0.297 e. The van der Waals surface area contributed by atoms with Crippen LogP contribution in [0.3, 0.4) is 0 Å². The number of hydrogen-bond acceptors (Lipinski definition) is 4. The van der Waals surface area contributed by atoms with Crippen molar-refractivity contribution in [1.82, 2.24) is 9.80 Å². The largest absolute Gasteiger partial charge is 0.297 e. The molecule has 1 saturated heterocycles. The van der Waals surface area contributed by atoms with Gasteiger partial charge in [-0.15, -0.1) is 0 Å². The Kier molecular flexibility index (Phi) is 5.88. The third kappa shape index (κ3) is 3.98. The van der Waals surface area contributed by atoms with Crippen molar-refractivity contribution in [1.29, 1.82) is 0 Å². The van der Waals surface area contributed by atoms with Gasteiger partial charge in [-0.3, -0.25) is 19.4 Å². The summed E-state index contributed by atoms with van der Waals surface area (Å²) in [5, 5.41) is 0. The molecular weight excluding hydrogens is 240 g/mol. The van der Waals surface area contributed by atoms with E-state index in [2.05, 4.69) is 29.7 Å². The van der Waals surface area contributed by atoms with E-state index >= 15 is 0 Å². The first kappa shape index (κ1) is 16.1. The molecule has 19 heavy (non-hydrogen) atoms. The Balaban J connectivity index is 2.53. The zero-order chi connectivity index (χ0) is 14.5. The number of carbonyl (C=O) groups is 2. The summed E-state index contributed by atoms with van der Waals surface area (Å²) in [6.07, 6.45) is 3.72. The van der Waals surface area contributed by atoms with Crippen molar-refractivity contribution in [2.24, 2.45) is 0 Å². The number of allylic oxidation sites excluding steroid dienone is 1. The van der Waals surface area contributed by atoms with Gasteiger partial charge in [0, 0.05) is 32.7 Å². The fraction of sp³-hybridized carbons (Fsp3) is 0.733. The van der Waals surface area contributed by atoms with Gasteiger partial charge in [-0.2, -0.15) is 0 Å². The van der Waals surface area contributed by atoms with Gasteiger partial charge in [-0.05, 0) is 27.2 Å². The molecular formula is C15H26N2O2. The molecule has 0 saturated carbocycles. The zero-order valence-corrected chi connectivity index (χ0v) is 12.6. The lowest BCUT2D eigenvalue weighted by molar-refractivity contribution is -0.138. The highest BCUT2D eigenvalue weighted by Gasteiger charge is 2.35. The van der Waals surface area contributed by atoms with Gasteiger partial charge >= 0.3 is 0 Å². The molecule has 0 atom stereocenters. The average Bonchev–Trinajstić information content (AvgIpc) is 2.44. The number of carbonyl (C=O) groups excluding carboxylic acids is 2. The van der Waals surface area contributed by atoms with Crippen molar-refractivity contribution in [3.63, 3.8) is 0 Å². The molecule has 0 aliphatic carbocycles. The lowest BCUT2D eigenvalue weighted by Crippen LogP contribution is -2.58. The topological polar surface area (TPSA) is 40.6 Å². The molecule has 0 aromatic rings. The van der Waals surface area contributed by atoms with Crippen LogP contribution in [0.4, 0.5) is 0 Å². The van der Waals surface area contributed by atoms with Crippen LogP contribution in [0.25, 0.3) is 0 Å². The highest BCUT2D eigenvalue weighted by molar-refractivity contribution is 6.29. The van der Waals surface area contributed by atoms with E-state index in [0.717, 1.165) is 39.1 Å². The molecule has 1 heterocycles. The lowest BCUT2D eigenvalue weighted by Gasteiger charge is -2.42. The first-order valence-corrected chi connectivity index (χ1v) is 7.06. The Labute approximate surface area is 116 Å². The molecule has 1 aliphatic rings. The number of hydrogen-bond donors (Lipinski definition) is 0. The summed E-state index contributed by atoms with van der Waals surface area (Å²) in [7, 11) is 0. The molecule has 1 aliphatic heterocycles. The lowest BCUT2D eigenvalue weighted by atomic mass is 9.96. The second kappa shape index (κ2) is 6.96. The fourth-order valence-electron chi connectivity index (χ4n) is 2.46. The molecule has 0 amide bonds. The van der Waals surface area contributed by atoms with Crippen LogP contribution in [-0.2, 0) is 9.59 Å². The summed E-state index contributed by atoms with van der Waals surface area (Å²) < 4.78 is 0. The molecule has 108 valence electrons. The minimum absolute atomic E-state index is 0.330. The molecule has 0 aromatic heterocycles. The number of Topliss-reactive ketones (excluding diaryl/α,β-unsaturated/α-hetero) is 1. The second-order valence-electron chi connectivity index (χ2n) is 5.60. The minimum atomic E-state index is -0.665. The summed E-state index contributed by atoms with van der Waals surface area (Å²) in [5.41, 5.74) is 0.791. The fourth-order valence-corrected chi connectivity index (χ4v) is 2.46. The Hall–Kier alpha value is -1.00. The zero-order valence-electron chi connectivity index (χ0n) is 12.6.